The molecule has 0 unspecified atom stereocenters. The molecule has 0 fully saturated rings. The van der Waals surface area contributed by atoms with Crippen molar-refractivity contribution in [2.24, 2.45) is 4.99 Å². The second kappa shape index (κ2) is 4.27. The zero-order valence-electron chi connectivity index (χ0n) is 9.46. The van der Waals surface area contributed by atoms with Crippen LogP contribution in [0.3, 0.4) is 0 Å². The Bertz CT molecular complexity index is 342. The predicted molar refractivity (Wildman–Crippen MR) is 64.1 cm³/mol. The molecule has 2 nitrogen and oxygen atoms in total. The first kappa shape index (κ1) is 10.8. The lowest BCUT2D eigenvalue weighted by Gasteiger charge is -2.20. The van der Waals surface area contributed by atoms with Crippen molar-refractivity contribution in [1.82, 2.24) is 0 Å². The second-order valence-electron chi connectivity index (χ2n) is 3.60. The number of hydrogen-bond donors (Lipinski definition) is 0. The maximum absolute atomic E-state index is 3.99. The molecular formula is C12H18N2. The topological polar surface area (TPSA) is 15.6 Å². The SMILES string of the molecule is C=Nc1cc(C)c(N(C)CC)cc1C. The highest BCUT2D eigenvalue weighted by molar-refractivity contribution is 5.63. The van der Waals surface area contributed by atoms with E-state index in [1.54, 1.807) is 0 Å². The first-order valence-corrected chi connectivity index (χ1v) is 4.89. The van der Waals surface area contributed by atoms with E-state index in [4.69, 9.17) is 0 Å². The van der Waals surface area contributed by atoms with Crippen LogP contribution in [-0.4, -0.2) is 20.3 Å². The molecule has 14 heavy (non-hydrogen) atoms. The fraction of sp³-hybridized carbons (Fsp3) is 0.417. The summed E-state index contributed by atoms with van der Waals surface area (Å²) in [5.74, 6) is 0. The molecule has 0 spiro atoms. The monoisotopic (exact) mass is 190 g/mol. The number of aryl methyl sites for hydroxylation is 2. The number of nitrogens with zero attached hydrogens (tertiary/aromatic N) is 2. The molecule has 0 aromatic heterocycles. The minimum atomic E-state index is 0.982. The van der Waals surface area contributed by atoms with Crippen molar-refractivity contribution in [2.75, 3.05) is 18.5 Å². The zero-order valence-corrected chi connectivity index (χ0v) is 9.46. The minimum Gasteiger partial charge on any atom is -0.375 e. The van der Waals surface area contributed by atoms with Crippen LogP contribution in [0.5, 0.6) is 0 Å². The van der Waals surface area contributed by atoms with Gasteiger partial charge in [-0.2, -0.15) is 0 Å². The molecular weight excluding hydrogens is 172 g/mol. The van der Waals surface area contributed by atoms with Crippen molar-refractivity contribution in [1.29, 1.82) is 0 Å². The van der Waals surface area contributed by atoms with Gasteiger partial charge in [0, 0.05) is 19.3 Å². The fourth-order valence-corrected chi connectivity index (χ4v) is 1.54. The Morgan fingerprint density at radius 1 is 1.29 bits per heavy atom. The van der Waals surface area contributed by atoms with Crippen LogP contribution in [0.4, 0.5) is 11.4 Å². The van der Waals surface area contributed by atoms with Gasteiger partial charge in [0.15, 0.2) is 0 Å². The molecule has 1 rings (SSSR count). The van der Waals surface area contributed by atoms with E-state index >= 15 is 0 Å². The number of anilines is 1. The van der Waals surface area contributed by atoms with Gasteiger partial charge in [-0.3, -0.25) is 4.99 Å². The van der Waals surface area contributed by atoms with Gasteiger partial charge >= 0.3 is 0 Å². The summed E-state index contributed by atoms with van der Waals surface area (Å²) in [4.78, 5) is 6.22. The highest BCUT2D eigenvalue weighted by atomic mass is 15.1. The average molecular weight is 190 g/mol. The largest absolute Gasteiger partial charge is 0.375 e. The Labute approximate surface area is 86.3 Å². The van der Waals surface area contributed by atoms with Gasteiger partial charge in [-0.25, -0.2) is 0 Å². The first-order chi connectivity index (χ1) is 6.60. The molecule has 0 atom stereocenters. The first-order valence-electron chi connectivity index (χ1n) is 4.89. The maximum Gasteiger partial charge on any atom is 0.0655 e. The maximum atomic E-state index is 3.99. The molecule has 76 valence electrons. The minimum absolute atomic E-state index is 0.982. The molecule has 0 heterocycles. The highest BCUT2D eigenvalue weighted by Crippen LogP contribution is 2.27. The standard InChI is InChI=1S/C12H18N2/c1-6-14(5)12-8-9(2)11(13-4)7-10(12)3/h7-8H,4,6H2,1-3,5H3. The molecule has 2 heteroatoms. The lowest BCUT2D eigenvalue weighted by molar-refractivity contribution is 0.959. The molecule has 1 aromatic carbocycles. The molecule has 0 bridgehead atoms. The van der Waals surface area contributed by atoms with Gasteiger partial charge in [-0.05, 0) is 50.7 Å². The zero-order chi connectivity index (χ0) is 10.7. The molecule has 0 aliphatic heterocycles. The van der Waals surface area contributed by atoms with Crippen molar-refractivity contribution in [2.45, 2.75) is 20.8 Å². The summed E-state index contributed by atoms with van der Waals surface area (Å²) in [5, 5.41) is 0. The number of benzene rings is 1. The van der Waals surface area contributed by atoms with Crippen LogP contribution < -0.4 is 4.90 Å². The van der Waals surface area contributed by atoms with E-state index in [1.165, 1.54) is 16.8 Å². The molecule has 0 radical (unpaired) electrons. The molecule has 0 saturated carbocycles. The molecule has 0 aliphatic rings. The molecule has 0 N–H and O–H groups in total. The Morgan fingerprint density at radius 2 is 1.93 bits per heavy atom. The van der Waals surface area contributed by atoms with Crippen molar-refractivity contribution in [3.63, 3.8) is 0 Å². The lowest BCUT2D eigenvalue weighted by atomic mass is 10.1. The third kappa shape index (κ3) is 1.95. The van der Waals surface area contributed by atoms with Gasteiger partial charge in [0.25, 0.3) is 0 Å². The summed E-state index contributed by atoms with van der Waals surface area (Å²) < 4.78 is 0. The summed E-state index contributed by atoms with van der Waals surface area (Å²) in [6.45, 7) is 10.9. The fourth-order valence-electron chi connectivity index (χ4n) is 1.54. The third-order valence-electron chi connectivity index (χ3n) is 2.57. The van der Waals surface area contributed by atoms with Crippen molar-refractivity contribution in [3.8, 4) is 0 Å². The van der Waals surface area contributed by atoms with Crippen LogP contribution in [0, 0.1) is 13.8 Å². The van der Waals surface area contributed by atoms with Crippen molar-refractivity contribution >= 4 is 18.1 Å². The van der Waals surface area contributed by atoms with Gasteiger partial charge in [-0.1, -0.05) is 0 Å². The number of aliphatic imine (C=N–C) groups is 1. The van der Waals surface area contributed by atoms with E-state index in [0.29, 0.717) is 0 Å². The highest BCUT2D eigenvalue weighted by Gasteiger charge is 2.05. The van der Waals surface area contributed by atoms with Gasteiger partial charge in [-0.15, -0.1) is 0 Å². The Morgan fingerprint density at radius 3 is 2.43 bits per heavy atom. The van der Waals surface area contributed by atoms with Crippen LogP contribution in [0.1, 0.15) is 18.1 Å². The van der Waals surface area contributed by atoms with Gasteiger partial charge in [0.2, 0.25) is 0 Å². The van der Waals surface area contributed by atoms with Crippen molar-refractivity contribution in [3.05, 3.63) is 23.3 Å². The van der Waals surface area contributed by atoms with Crippen LogP contribution in [0.15, 0.2) is 17.1 Å². The number of hydrogen-bond acceptors (Lipinski definition) is 2. The summed E-state index contributed by atoms with van der Waals surface area (Å²) >= 11 is 0. The summed E-state index contributed by atoms with van der Waals surface area (Å²) in [6.07, 6.45) is 0. The summed E-state index contributed by atoms with van der Waals surface area (Å²) in [5.41, 5.74) is 4.69. The summed E-state index contributed by atoms with van der Waals surface area (Å²) in [7, 11) is 2.10. The van der Waals surface area contributed by atoms with Gasteiger partial charge in [0.05, 0.1) is 5.69 Å². The smallest absolute Gasteiger partial charge is 0.0655 e. The van der Waals surface area contributed by atoms with Crippen molar-refractivity contribution < 1.29 is 0 Å². The Kier molecular flexibility index (Phi) is 3.28. The Hall–Kier alpha value is -1.31. The second-order valence-corrected chi connectivity index (χ2v) is 3.60. The quantitative estimate of drug-likeness (QED) is 0.669. The molecule has 0 saturated heterocycles. The Balaban J connectivity index is 3.21. The van der Waals surface area contributed by atoms with E-state index in [1.807, 2.05) is 0 Å². The third-order valence-corrected chi connectivity index (χ3v) is 2.57. The summed E-state index contributed by atoms with van der Waals surface area (Å²) in [6, 6.07) is 4.26. The average Bonchev–Trinajstić information content (AvgIpc) is 2.19. The van der Waals surface area contributed by atoms with Gasteiger partial charge < -0.3 is 4.90 Å². The van der Waals surface area contributed by atoms with E-state index in [9.17, 15) is 0 Å². The van der Waals surface area contributed by atoms with Crippen LogP contribution in [0.2, 0.25) is 0 Å². The van der Waals surface area contributed by atoms with Crippen LogP contribution >= 0.6 is 0 Å². The lowest BCUT2D eigenvalue weighted by Crippen LogP contribution is -2.16. The van der Waals surface area contributed by atoms with E-state index < -0.39 is 0 Å². The normalized spacial score (nSPS) is 10.0. The van der Waals surface area contributed by atoms with E-state index in [-0.39, 0.29) is 0 Å². The van der Waals surface area contributed by atoms with Crippen LogP contribution in [-0.2, 0) is 0 Å². The van der Waals surface area contributed by atoms with E-state index in [0.717, 1.165) is 12.2 Å². The molecule has 0 amide bonds. The van der Waals surface area contributed by atoms with Crippen LogP contribution in [0.25, 0.3) is 0 Å². The number of rotatable bonds is 3. The van der Waals surface area contributed by atoms with Gasteiger partial charge in [0.1, 0.15) is 0 Å². The predicted octanol–water partition coefficient (Wildman–Crippen LogP) is 3.09. The molecule has 1 aromatic rings. The van der Waals surface area contributed by atoms with E-state index in [2.05, 4.69) is 56.6 Å². The molecule has 0 aliphatic carbocycles.